The van der Waals surface area contributed by atoms with Gasteiger partial charge in [0.2, 0.25) is 0 Å². The molecule has 0 unspecified atom stereocenters. The Kier molecular flexibility index (Phi) is 2.99. The van der Waals surface area contributed by atoms with Crippen molar-refractivity contribution >= 4 is 28.2 Å². The molecule has 94 valence electrons. The predicted octanol–water partition coefficient (Wildman–Crippen LogP) is 4.09. The van der Waals surface area contributed by atoms with E-state index in [4.69, 9.17) is 11.6 Å². The lowest BCUT2D eigenvalue weighted by Crippen LogP contribution is -2.12. The summed E-state index contributed by atoms with van der Waals surface area (Å²) in [6.07, 6.45) is 0. The van der Waals surface area contributed by atoms with Crippen LogP contribution >= 0.6 is 11.6 Å². The zero-order valence-corrected chi connectivity index (χ0v) is 11.2. The van der Waals surface area contributed by atoms with Crippen molar-refractivity contribution in [3.63, 3.8) is 0 Å². The van der Waals surface area contributed by atoms with Gasteiger partial charge in [-0.25, -0.2) is 4.98 Å². The summed E-state index contributed by atoms with van der Waals surface area (Å²) in [4.78, 5) is 14.6. The van der Waals surface area contributed by atoms with Crippen LogP contribution in [-0.2, 0) is 5.41 Å². The number of non-ortho nitro benzene ring substituents is 1. The zero-order valence-electron chi connectivity index (χ0n) is 10.4. The molecule has 0 aliphatic rings. The zero-order chi connectivity index (χ0) is 13.5. The second-order valence-electron chi connectivity index (χ2n) is 5.21. The molecule has 0 atom stereocenters. The Morgan fingerprint density at radius 2 is 1.94 bits per heavy atom. The average Bonchev–Trinajstić information content (AvgIpc) is 2.25. The Bertz CT molecular complexity index is 633. The van der Waals surface area contributed by atoms with Crippen LogP contribution < -0.4 is 0 Å². The van der Waals surface area contributed by atoms with Gasteiger partial charge < -0.3 is 0 Å². The molecule has 0 aliphatic heterocycles. The molecule has 0 bridgehead atoms. The van der Waals surface area contributed by atoms with E-state index in [1.54, 1.807) is 6.07 Å². The Morgan fingerprint density at radius 1 is 1.28 bits per heavy atom. The topological polar surface area (TPSA) is 56.0 Å². The minimum absolute atomic E-state index is 0.0616. The highest BCUT2D eigenvalue weighted by molar-refractivity contribution is 6.30. The first-order valence-electron chi connectivity index (χ1n) is 5.54. The molecule has 0 N–H and O–H groups in total. The van der Waals surface area contributed by atoms with Crippen LogP contribution in [0.1, 0.15) is 26.3 Å². The summed E-state index contributed by atoms with van der Waals surface area (Å²) in [7, 11) is 0. The normalized spacial score (nSPS) is 11.8. The first-order valence-corrected chi connectivity index (χ1v) is 5.92. The van der Waals surface area contributed by atoms with Crippen molar-refractivity contribution in [2.24, 2.45) is 0 Å². The van der Waals surface area contributed by atoms with E-state index in [1.807, 2.05) is 26.8 Å². The highest BCUT2D eigenvalue weighted by atomic mass is 35.5. The van der Waals surface area contributed by atoms with E-state index in [2.05, 4.69) is 4.98 Å². The molecule has 2 rings (SSSR count). The number of hydrogen-bond acceptors (Lipinski definition) is 3. The van der Waals surface area contributed by atoms with Crippen LogP contribution in [0.2, 0.25) is 5.15 Å². The van der Waals surface area contributed by atoms with Gasteiger partial charge >= 0.3 is 0 Å². The smallest absolute Gasteiger partial charge is 0.258 e. The highest BCUT2D eigenvalue weighted by Gasteiger charge is 2.19. The molecule has 0 spiro atoms. The first-order chi connectivity index (χ1) is 8.29. The molecule has 0 radical (unpaired) electrons. The van der Waals surface area contributed by atoms with E-state index in [-0.39, 0.29) is 11.1 Å². The van der Waals surface area contributed by atoms with Crippen molar-refractivity contribution in [1.82, 2.24) is 4.98 Å². The maximum Gasteiger partial charge on any atom is 0.270 e. The van der Waals surface area contributed by atoms with Gasteiger partial charge in [-0.1, -0.05) is 32.4 Å². The van der Waals surface area contributed by atoms with Crippen LogP contribution in [0.4, 0.5) is 5.69 Å². The molecule has 0 aliphatic carbocycles. The molecule has 5 heteroatoms. The van der Waals surface area contributed by atoms with Crippen molar-refractivity contribution in [2.45, 2.75) is 26.2 Å². The number of nitro groups is 1. The first kappa shape index (κ1) is 12.8. The third kappa shape index (κ3) is 2.29. The van der Waals surface area contributed by atoms with Crippen LogP contribution in [0, 0.1) is 10.1 Å². The van der Waals surface area contributed by atoms with Crippen molar-refractivity contribution in [1.29, 1.82) is 0 Å². The predicted molar refractivity (Wildman–Crippen MR) is 72.1 cm³/mol. The van der Waals surface area contributed by atoms with Gasteiger partial charge in [0, 0.05) is 17.5 Å². The number of pyridine rings is 1. The third-order valence-electron chi connectivity index (χ3n) is 2.77. The molecule has 4 nitrogen and oxygen atoms in total. The standard InChI is InChI=1S/C13H13ClN2O2/c1-13(2,3)10-7-8-6-9(16(17)18)4-5-11(8)15-12(10)14/h4-7H,1-3H3. The fourth-order valence-corrected chi connectivity index (χ4v) is 2.21. The van der Waals surface area contributed by atoms with Crippen molar-refractivity contribution in [2.75, 3.05) is 0 Å². The molecule has 1 aromatic carbocycles. The van der Waals surface area contributed by atoms with Gasteiger partial charge in [0.1, 0.15) is 5.15 Å². The van der Waals surface area contributed by atoms with Gasteiger partial charge in [-0.15, -0.1) is 0 Å². The molecule has 18 heavy (non-hydrogen) atoms. The van der Waals surface area contributed by atoms with Gasteiger partial charge in [0.15, 0.2) is 0 Å². The summed E-state index contributed by atoms with van der Waals surface area (Å²) in [5, 5.41) is 11.9. The minimum atomic E-state index is -0.412. The summed E-state index contributed by atoms with van der Waals surface area (Å²) < 4.78 is 0. The van der Waals surface area contributed by atoms with Gasteiger partial charge in [0.05, 0.1) is 10.4 Å². The molecular weight excluding hydrogens is 252 g/mol. The second kappa shape index (κ2) is 4.21. The van der Waals surface area contributed by atoms with E-state index >= 15 is 0 Å². The Hall–Kier alpha value is -1.68. The number of aromatic nitrogens is 1. The summed E-state index contributed by atoms with van der Waals surface area (Å²) in [6.45, 7) is 6.08. The van der Waals surface area contributed by atoms with Crippen molar-refractivity contribution in [3.8, 4) is 0 Å². The Balaban J connectivity index is 2.71. The quantitative estimate of drug-likeness (QED) is 0.443. The molecule has 1 aromatic heterocycles. The molecule has 2 aromatic rings. The van der Waals surface area contributed by atoms with E-state index in [1.165, 1.54) is 12.1 Å². The fraction of sp³-hybridized carbons (Fsp3) is 0.308. The lowest BCUT2D eigenvalue weighted by molar-refractivity contribution is -0.384. The maximum absolute atomic E-state index is 10.8. The monoisotopic (exact) mass is 264 g/mol. The Morgan fingerprint density at radius 3 is 2.50 bits per heavy atom. The number of nitro benzene ring substituents is 1. The SMILES string of the molecule is CC(C)(C)c1cc2cc([N+](=O)[O-])ccc2nc1Cl. The molecule has 0 saturated heterocycles. The lowest BCUT2D eigenvalue weighted by Gasteiger charge is -2.20. The van der Waals surface area contributed by atoms with Crippen LogP contribution in [0.25, 0.3) is 10.9 Å². The van der Waals surface area contributed by atoms with Gasteiger partial charge in [-0.05, 0) is 23.1 Å². The maximum atomic E-state index is 10.8. The van der Waals surface area contributed by atoms with Crippen LogP contribution in [0.5, 0.6) is 0 Å². The minimum Gasteiger partial charge on any atom is -0.258 e. The van der Waals surface area contributed by atoms with Crippen LogP contribution in [0.15, 0.2) is 24.3 Å². The summed E-state index contributed by atoms with van der Waals surface area (Å²) in [6, 6.07) is 6.44. The van der Waals surface area contributed by atoms with E-state index < -0.39 is 4.92 Å². The fourth-order valence-electron chi connectivity index (χ4n) is 1.78. The lowest BCUT2D eigenvalue weighted by atomic mass is 9.87. The number of hydrogen-bond donors (Lipinski definition) is 0. The van der Waals surface area contributed by atoms with Crippen LogP contribution in [0.3, 0.4) is 0 Å². The molecule has 0 saturated carbocycles. The molecule has 1 heterocycles. The van der Waals surface area contributed by atoms with E-state index in [9.17, 15) is 10.1 Å². The Labute approximate surface area is 110 Å². The highest BCUT2D eigenvalue weighted by Crippen LogP contribution is 2.31. The number of nitrogens with zero attached hydrogens (tertiary/aromatic N) is 2. The number of benzene rings is 1. The van der Waals surface area contributed by atoms with E-state index in [0.717, 1.165) is 10.9 Å². The molecular formula is C13H13ClN2O2. The van der Waals surface area contributed by atoms with Crippen molar-refractivity contribution in [3.05, 3.63) is 45.1 Å². The summed E-state index contributed by atoms with van der Waals surface area (Å²) >= 11 is 6.15. The molecule has 0 amide bonds. The van der Waals surface area contributed by atoms with Gasteiger partial charge in [-0.2, -0.15) is 0 Å². The average molecular weight is 265 g/mol. The van der Waals surface area contributed by atoms with Gasteiger partial charge in [0.25, 0.3) is 5.69 Å². The number of halogens is 1. The summed E-state index contributed by atoms with van der Waals surface area (Å²) in [5.41, 5.74) is 1.46. The number of fused-ring (bicyclic) bond motifs is 1. The third-order valence-corrected chi connectivity index (χ3v) is 3.06. The van der Waals surface area contributed by atoms with Crippen molar-refractivity contribution < 1.29 is 4.92 Å². The van der Waals surface area contributed by atoms with Gasteiger partial charge in [-0.3, -0.25) is 10.1 Å². The second-order valence-corrected chi connectivity index (χ2v) is 5.57. The number of rotatable bonds is 1. The van der Waals surface area contributed by atoms with Crippen LogP contribution in [-0.4, -0.2) is 9.91 Å². The summed E-state index contributed by atoms with van der Waals surface area (Å²) in [5.74, 6) is 0. The van der Waals surface area contributed by atoms with E-state index in [0.29, 0.717) is 10.7 Å². The largest absolute Gasteiger partial charge is 0.270 e. The molecule has 0 fully saturated rings.